The van der Waals surface area contributed by atoms with Crippen molar-refractivity contribution >= 4 is 42.5 Å². The molecule has 0 atom stereocenters. The Labute approximate surface area is 42.7 Å². The SMILES string of the molecule is [B]P([B])I. The molecular weight excluding hydrogens is 180 g/mol. The number of hydrogen-bond acceptors (Lipinski definition) is 0. The summed E-state index contributed by atoms with van der Waals surface area (Å²) in [5, 5.41) is -0.650. The highest BCUT2D eigenvalue weighted by Crippen LogP contribution is 2.31. The quantitative estimate of drug-likeness (QED) is 0.296. The molecule has 0 aliphatic rings. The van der Waals surface area contributed by atoms with Crippen LogP contribution in [-0.2, 0) is 0 Å². The highest BCUT2D eigenvalue weighted by atomic mass is 127. The summed E-state index contributed by atoms with van der Waals surface area (Å²) in [6.45, 7) is 0. The summed E-state index contributed by atoms with van der Waals surface area (Å²) in [6.07, 6.45) is 0. The van der Waals surface area contributed by atoms with E-state index in [0.717, 1.165) is 0 Å². The second-order valence-corrected chi connectivity index (χ2v) is 4.38. The van der Waals surface area contributed by atoms with E-state index in [1.54, 1.807) is 0 Å². The van der Waals surface area contributed by atoms with Gasteiger partial charge in [0, 0.05) is 0 Å². The molecule has 4 heteroatoms. The molecule has 4 heavy (non-hydrogen) atoms. The van der Waals surface area contributed by atoms with Gasteiger partial charge in [0.05, 0.1) is 0 Å². The van der Waals surface area contributed by atoms with E-state index >= 15 is 0 Å². The van der Waals surface area contributed by atoms with Crippen molar-refractivity contribution in [1.29, 1.82) is 0 Å². The first-order valence-corrected chi connectivity index (χ1v) is 4.95. The van der Waals surface area contributed by atoms with Crippen molar-refractivity contribution in [3.05, 3.63) is 0 Å². The summed E-state index contributed by atoms with van der Waals surface area (Å²) < 4.78 is 0. The van der Waals surface area contributed by atoms with E-state index in [0.29, 0.717) is 0 Å². The molecular formula is B2IP. The average molecular weight is 180 g/mol. The van der Waals surface area contributed by atoms with Crippen molar-refractivity contribution in [3.63, 3.8) is 0 Å². The largest absolute Gasteiger partial charge is 0.140 e. The van der Waals surface area contributed by atoms with Crippen molar-refractivity contribution in [2.24, 2.45) is 0 Å². The normalized spacial score (nSPS) is 8.50. The molecule has 18 valence electrons. The molecule has 0 aromatic rings. The van der Waals surface area contributed by atoms with Gasteiger partial charge in [0.15, 0.2) is 0 Å². The minimum atomic E-state index is -0.650. The van der Waals surface area contributed by atoms with E-state index < -0.39 is 5.32 Å². The van der Waals surface area contributed by atoms with E-state index in [2.05, 4.69) is 0 Å². The van der Waals surface area contributed by atoms with Crippen LogP contribution in [0.4, 0.5) is 0 Å². The molecule has 0 nitrogen and oxygen atoms in total. The van der Waals surface area contributed by atoms with Crippen LogP contribution in [0.1, 0.15) is 0 Å². The number of halogens is 1. The lowest BCUT2D eigenvalue weighted by Crippen LogP contribution is -1.44. The summed E-state index contributed by atoms with van der Waals surface area (Å²) in [5.41, 5.74) is 0. The van der Waals surface area contributed by atoms with Crippen LogP contribution >= 0.6 is 27.4 Å². The molecule has 0 saturated heterocycles. The summed E-state index contributed by atoms with van der Waals surface area (Å²) in [6, 6.07) is 0. The van der Waals surface area contributed by atoms with Crippen LogP contribution in [0.5, 0.6) is 0 Å². The Morgan fingerprint density at radius 2 is 1.50 bits per heavy atom. The van der Waals surface area contributed by atoms with Crippen LogP contribution in [0, 0.1) is 0 Å². The van der Waals surface area contributed by atoms with Crippen LogP contribution in [0.25, 0.3) is 0 Å². The van der Waals surface area contributed by atoms with Crippen molar-refractivity contribution in [1.82, 2.24) is 0 Å². The van der Waals surface area contributed by atoms with Gasteiger partial charge in [0.25, 0.3) is 0 Å². The molecule has 0 N–H and O–H groups in total. The standard InChI is InChI=1S/B2IP/c1-4(2)3. The molecule has 4 radical (unpaired) electrons. The monoisotopic (exact) mass is 180 g/mol. The van der Waals surface area contributed by atoms with E-state index in [1.165, 1.54) is 0 Å². The summed E-state index contributed by atoms with van der Waals surface area (Å²) >= 11 is 1.96. The fourth-order valence-electron chi connectivity index (χ4n) is 0. The van der Waals surface area contributed by atoms with Crippen molar-refractivity contribution < 1.29 is 0 Å². The third-order valence-corrected chi connectivity index (χ3v) is 0. The van der Waals surface area contributed by atoms with Crippen LogP contribution in [0.15, 0.2) is 0 Å². The first-order chi connectivity index (χ1) is 1.73. The zero-order chi connectivity index (χ0) is 3.58. The maximum Gasteiger partial charge on any atom is 0.109 e. The predicted octanol–water partition coefficient (Wildman–Crippen LogP) is 0.985. The molecule has 0 heterocycles. The lowest BCUT2D eigenvalue weighted by molar-refractivity contribution is 4.77. The predicted molar refractivity (Wildman–Crippen MR) is 32.4 cm³/mol. The zero-order valence-corrected chi connectivity index (χ0v) is 5.03. The molecule has 0 rings (SSSR count). The van der Waals surface area contributed by atoms with Gasteiger partial charge in [-0.05, 0) is 0 Å². The summed E-state index contributed by atoms with van der Waals surface area (Å²) in [5.74, 6) is 0. The first-order valence-electron chi connectivity index (χ1n) is 0.685. The summed E-state index contributed by atoms with van der Waals surface area (Å²) in [4.78, 5) is 0. The smallest absolute Gasteiger partial charge is 0.109 e. The van der Waals surface area contributed by atoms with Gasteiger partial charge in [-0.15, -0.1) is 5.32 Å². The first kappa shape index (κ1) is 5.29. The molecule has 0 saturated carbocycles. The Morgan fingerprint density at radius 1 is 1.50 bits per heavy atom. The van der Waals surface area contributed by atoms with Crippen molar-refractivity contribution in [3.8, 4) is 0 Å². The van der Waals surface area contributed by atoms with Gasteiger partial charge in [0.1, 0.15) is 15.1 Å². The molecule has 0 bridgehead atoms. The second kappa shape index (κ2) is 2.52. The maximum absolute atomic E-state index is 4.94. The Morgan fingerprint density at radius 3 is 1.50 bits per heavy atom. The maximum atomic E-state index is 4.94. The van der Waals surface area contributed by atoms with Crippen LogP contribution in [0.3, 0.4) is 0 Å². The molecule has 0 unspecified atom stereocenters. The Hall–Kier alpha value is 1.29. The highest BCUT2D eigenvalue weighted by molar-refractivity contribution is 14.2. The zero-order valence-electron chi connectivity index (χ0n) is 1.98. The molecule has 0 aliphatic carbocycles. The van der Waals surface area contributed by atoms with Gasteiger partial charge in [-0.25, -0.2) is 0 Å². The van der Waals surface area contributed by atoms with E-state index in [-0.39, 0.29) is 0 Å². The lowest BCUT2D eigenvalue weighted by atomic mass is 10.7. The van der Waals surface area contributed by atoms with Crippen LogP contribution in [0.2, 0.25) is 0 Å². The third-order valence-electron chi connectivity index (χ3n) is 0. The minimum Gasteiger partial charge on any atom is -0.140 e. The lowest BCUT2D eigenvalue weighted by Gasteiger charge is -1.78. The molecule has 0 aliphatic heterocycles. The number of hydrogen-bond donors (Lipinski definition) is 0. The van der Waals surface area contributed by atoms with Gasteiger partial charge < -0.3 is 0 Å². The molecule has 0 amide bonds. The molecule has 0 aromatic carbocycles. The Kier molecular flexibility index (Phi) is 3.34. The topological polar surface area (TPSA) is 0 Å². The van der Waals surface area contributed by atoms with Crippen LogP contribution in [-0.4, -0.2) is 15.1 Å². The highest BCUT2D eigenvalue weighted by Gasteiger charge is 1.69. The molecule has 0 aromatic heterocycles. The fraction of sp³-hybridized carbons (Fsp3) is 0. The number of rotatable bonds is 0. The van der Waals surface area contributed by atoms with Crippen molar-refractivity contribution in [2.75, 3.05) is 0 Å². The van der Waals surface area contributed by atoms with E-state index in [1.807, 2.05) is 22.0 Å². The van der Waals surface area contributed by atoms with Crippen molar-refractivity contribution in [2.45, 2.75) is 0 Å². The molecule has 0 fully saturated rings. The molecule has 0 spiro atoms. The Balaban J connectivity index is 2.32. The van der Waals surface area contributed by atoms with Gasteiger partial charge in [-0.3, -0.25) is 0 Å². The fourth-order valence-corrected chi connectivity index (χ4v) is 0. The van der Waals surface area contributed by atoms with Gasteiger partial charge in [0.2, 0.25) is 0 Å². The summed E-state index contributed by atoms with van der Waals surface area (Å²) in [7, 11) is 9.88. The van der Waals surface area contributed by atoms with Gasteiger partial charge >= 0.3 is 0 Å². The van der Waals surface area contributed by atoms with E-state index in [9.17, 15) is 0 Å². The van der Waals surface area contributed by atoms with E-state index in [4.69, 9.17) is 15.1 Å². The minimum absolute atomic E-state index is 0.650. The van der Waals surface area contributed by atoms with Gasteiger partial charge in [-0.1, -0.05) is 22.0 Å². The Bertz CT molecular complexity index is 10.8. The second-order valence-electron chi connectivity index (χ2n) is 0.344. The van der Waals surface area contributed by atoms with Crippen LogP contribution < -0.4 is 0 Å². The van der Waals surface area contributed by atoms with Gasteiger partial charge in [-0.2, -0.15) is 0 Å². The average Bonchev–Trinajstić information content (AvgIpc) is 0.811. The third kappa shape index (κ3) is 10.4.